The van der Waals surface area contributed by atoms with E-state index in [0.717, 1.165) is 25.7 Å². The van der Waals surface area contributed by atoms with E-state index in [-0.39, 0.29) is 11.8 Å². The molecule has 0 N–H and O–H groups in total. The molecule has 0 aliphatic carbocycles. The molecule has 0 fully saturated rings. The summed E-state index contributed by atoms with van der Waals surface area (Å²) in [5.41, 5.74) is -1.43. The maximum Gasteiger partial charge on any atom is 0.456 e. The van der Waals surface area contributed by atoms with Crippen LogP contribution >= 0.6 is 0 Å². The van der Waals surface area contributed by atoms with Crippen molar-refractivity contribution in [3.05, 3.63) is 0 Å². The van der Waals surface area contributed by atoms with Crippen LogP contribution in [-0.4, -0.2) is 23.1 Å². The third kappa shape index (κ3) is 33.7. The highest BCUT2D eigenvalue weighted by molar-refractivity contribution is 6.29. The zero-order valence-electron chi connectivity index (χ0n) is 38.5. The van der Waals surface area contributed by atoms with Gasteiger partial charge < -0.3 is 0 Å². The molecule has 0 saturated carbocycles. The van der Waals surface area contributed by atoms with Gasteiger partial charge in [-0.25, -0.2) is 9.59 Å². The zero-order chi connectivity index (χ0) is 41.6. The van der Waals surface area contributed by atoms with Crippen LogP contribution in [-0.2, 0) is 39.2 Å². The van der Waals surface area contributed by atoms with Crippen molar-refractivity contribution < 1.29 is 39.2 Å². The van der Waals surface area contributed by atoms with Crippen LogP contribution in [0.5, 0.6) is 0 Å². The van der Waals surface area contributed by atoms with E-state index in [4.69, 9.17) is 19.9 Å². The molecule has 0 aromatic carbocycles. The molecule has 0 rings (SSSR count). The van der Waals surface area contributed by atoms with Crippen LogP contribution in [0.25, 0.3) is 0 Å². The molecule has 2 unspecified atom stereocenters. The van der Waals surface area contributed by atoms with Gasteiger partial charge in [0.15, 0.2) is 0 Å². The van der Waals surface area contributed by atoms with Gasteiger partial charge in [0, 0.05) is 0 Å². The Kier molecular flexibility index (Phi) is 37.2. The largest absolute Gasteiger partial charge is 0.456 e. The Balaban J connectivity index is 3.84. The Hall–Kier alpha value is -1.22. The van der Waals surface area contributed by atoms with Crippen molar-refractivity contribution in [2.24, 2.45) is 11.8 Å². The first kappa shape index (κ1) is 54.8. The number of unbranched alkanes of at least 4 members (excludes halogenated alkanes) is 30. The summed E-state index contributed by atoms with van der Waals surface area (Å²) in [6.45, 7) is 16.2. The molecule has 8 nitrogen and oxygen atoms in total. The molecule has 0 heterocycles. The summed E-state index contributed by atoms with van der Waals surface area (Å²) >= 11 is 0. The van der Waals surface area contributed by atoms with Gasteiger partial charge in [-0.1, -0.05) is 233 Å². The van der Waals surface area contributed by atoms with Crippen LogP contribution in [0.2, 0.25) is 0 Å². The summed E-state index contributed by atoms with van der Waals surface area (Å²) in [4.78, 5) is 43.9. The number of carbonyl (C=O) groups excluding carboxylic acids is 2. The van der Waals surface area contributed by atoms with Crippen molar-refractivity contribution in [1.82, 2.24) is 0 Å². The third-order valence-corrected chi connectivity index (χ3v) is 12.2. The maximum absolute atomic E-state index is 12.1. The summed E-state index contributed by atoms with van der Waals surface area (Å²) in [6, 6.07) is 0. The Morgan fingerprint density at radius 2 is 0.554 bits per heavy atom. The Morgan fingerprint density at radius 1 is 0.357 bits per heavy atom. The minimum absolute atomic E-state index is 0.153. The quantitative estimate of drug-likeness (QED) is 0.0261. The highest BCUT2D eigenvalue weighted by Crippen LogP contribution is 2.28. The molecule has 8 heteroatoms. The Morgan fingerprint density at radius 3 is 0.768 bits per heavy atom. The fraction of sp³-hybridized carbons (Fsp3) is 0.958. The van der Waals surface area contributed by atoms with Crippen LogP contribution in [0.4, 0.5) is 0 Å². The SMILES string of the molecule is CCCCCCCCCCCCCCCCCCC(C)C(C)(C)OOOC(=O)C(=O)OOOC(C)(C)C(C)CCCCCCCCCCCCCCCCCC. The number of carbonyl (C=O) groups is 2. The first-order chi connectivity index (χ1) is 27.0. The molecule has 0 bridgehead atoms. The highest BCUT2D eigenvalue weighted by Gasteiger charge is 2.32. The molecule has 0 saturated heterocycles. The van der Waals surface area contributed by atoms with Crippen molar-refractivity contribution in [1.29, 1.82) is 0 Å². The molecule has 0 aliphatic heterocycles. The highest BCUT2D eigenvalue weighted by atomic mass is 17.5. The monoisotopic (exact) mass is 799 g/mol. The van der Waals surface area contributed by atoms with Crippen molar-refractivity contribution >= 4 is 11.9 Å². The second kappa shape index (κ2) is 38.0. The minimum atomic E-state index is -1.39. The van der Waals surface area contributed by atoms with Crippen LogP contribution < -0.4 is 0 Å². The number of hydrogen-bond acceptors (Lipinski definition) is 8. The van der Waals surface area contributed by atoms with Crippen LogP contribution in [0.3, 0.4) is 0 Å². The molecule has 0 aromatic rings. The average Bonchev–Trinajstić information content (AvgIpc) is 3.17. The van der Waals surface area contributed by atoms with E-state index in [1.807, 2.05) is 27.7 Å². The Bertz CT molecular complexity index is 805. The summed E-state index contributed by atoms with van der Waals surface area (Å²) in [5, 5.41) is 9.39. The van der Waals surface area contributed by atoms with Crippen LogP contribution in [0.1, 0.15) is 274 Å². The fourth-order valence-electron chi connectivity index (χ4n) is 7.20. The van der Waals surface area contributed by atoms with E-state index in [1.54, 1.807) is 0 Å². The van der Waals surface area contributed by atoms with Gasteiger partial charge in [0.2, 0.25) is 0 Å². The molecule has 0 spiro atoms. The Labute approximate surface area is 347 Å². The van der Waals surface area contributed by atoms with E-state index in [1.165, 1.54) is 193 Å². The zero-order valence-corrected chi connectivity index (χ0v) is 38.5. The lowest BCUT2D eigenvalue weighted by atomic mass is 9.88. The standard InChI is InChI=1S/C48H94O8/c1-9-11-13-15-17-19-21-23-25-27-29-31-33-35-37-39-41-43(3)47(5,6)53-55-51-45(49)46(50)52-56-54-48(7,8)44(4)42-40-38-36-34-32-30-28-26-24-22-20-18-16-14-12-10-2/h43-44H,9-42H2,1-8H3. The van der Waals surface area contributed by atoms with E-state index >= 15 is 0 Å². The van der Waals surface area contributed by atoms with Crippen molar-refractivity contribution in [3.63, 3.8) is 0 Å². The van der Waals surface area contributed by atoms with Crippen molar-refractivity contribution in [2.45, 2.75) is 285 Å². The lowest BCUT2D eigenvalue weighted by Gasteiger charge is -2.29. The molecule has 0 aliphatic rings. The minimum Gasteiger partial charge on any atom is -0.255 e. The third-order valence-electron chi connectivity index (χ3n) is 12.2. The topological polar surface area (TPSA) is 89.5 Å². The van der Waals surface area contributed by atoms with Gasteiger partial charge in [0.25, 0.3) is 0 Å². The van der Waals surface area contributed by atoms with Gasteiger partial charge in [-0.2, -0.15) is 9.78 Å². The van der Waals surface area contributed by atoms with Crippen molar-refractivity contribution in [3.8, 4) is 0 Å². The second-order valence-corrected chi connectivity index (χ2v) is 18.2. The first-order valence-electron chi connectivity index (χ1n) is 24.1. The molecule has 0 aromatic heterocycles. The smallest absolute Gasteiger partial charge is 0.255 e. The molecule has 2 atom stereocenters. The fourth-order valence-corrected chi connectivity index (χ4v) is 7.20. The second-order valence-electron chi connectivity index (χ2n) is 18.2. The van der Waals surface area contributed by atoms with Gasteiger partial charge in [0.1, 0.15) is 11.2 Å². The van der Waals surface area contributed by atoms with Gasteiger partial charge in [0.05, 0.1) is 0 Å². The van der Waals surface area contributed by atoms with Crippen LogP contribution in [0, 0.1) is 11.8 Å². The normalized spacial score (nSPS) is 13.2. The summed E-state index contributed by atoms with van der Waals surface area (Å²) < 4.78 is 0. The first-order valence-corrected chi connectivity index (χ1v) is 24.1. The molecular formula is C48H94O8. The van der Waals surface area contributed by atoms with Gasteiger partial charge in [-0.05, 0) is 62.4 Å². The molecule has 334 valence electrons. The maximum atomic E-state index is 12.1. The van der Waals surface area contributed by atoms with Crippen LogP contribution in [0.15, 0.2) is 0 Å². The predicted molar refractivity (Wildman–Crippen MR) is 231 cm³/mol. The van der Waals surface area contributed by atoms with Crippen molar-refractivity contribution in [2.75, 3.05) is 0 Å². The van der Waals surface area contributed by atoms with E-state index < -0.39 is 23.1 Å². The number of hydrogen-bond donors (Lipinski definition) is 0. The lowest BCUT2D eigenvalue weighted by molar-refractivity contribution is -0.530. The van der Waals surface area contributed by atoms with E-state index in [2.05, 4.69) is 37.5 Å². The summed E-state index contributed by atoms with van der Waals surface area (Å²) in [7, 11) is 0. The number of rotatable bonds is 42. The van der Waals surface area contributed by atoms with Gasteiger partial charge in [-0.3, -0.25) is 9.78 Å². The predicted octanol–water partition coefficient (Wildman–Crippen LogP) is 15.9. The molecule has 0 amide bonds. The van der Waals surface area contributed by atoms with E-state index in [9.17, 15) is 9.59 Å². The summed E-state index contributed by atoms with van der Waals surface area (Å²) in [6.07, 6.45) is 44.9. The van der Waals surface area contributed by atoms with E-state index in [0.29, 0.717) is 0 Å². The summed E-state index contributed by atoms with van der Waals surface area (Å²) in [5.74, 6) is -2.48. The molecular weight excluding hydrogens is 705 g/mol. The van der Waals surface area contributed by atoms with Gasteiger partial charge in [-0.15, -0.1) is 0 Å². The molecule has 0 radical (unpaired) electrons. The van der Waals surface area contributed by atoms with Gasteiger partial charge >= 0.3 is 11.9 Å². The lowest BCUT2D eigenvalue weighted by Crippen LogP contribution is -2.35. The molecule has 56 heavy (non-hydrogen) atoms. The average molecular weight is 799 g/mol.